The second kappa shape index (κ2) is 5.69. The number of thioether (sulfide) groups is 1. The van der Waals surface area contributed by atoms with E-state index in [1.807, 2.05) is 24.3 Å². The normalized spacial score (nSPS) is 11.1. The second-order valence-corrected chi connectivity index (χ2v) is 5.69. The van der Waals surface area contributed by atoms with Crippen LogP contribution >= 0.6 is 11.8 Å². The van der Waals surface area contributed by atoms with E-state index in [4.69, 9.17) is 5.73 Å². The Hall–Kier alpha value is -2.54. The predicted octanol–water partition coefficient (Wildman–Crippen LogP) is 1.64. The number of benzene rings is 1. The Morgan fingerprint density at radius 3 is 2.95 bits per heavy atom. The third kappa shape index (κ3) is 2.39. The van der Waals surface area contributed by atoms with Gasteiger partial charge in [0.2, 0.25) is 5.91 Å². The molecule has 0 fully saturated rings. The number of aromatic amines is 1. The summed E-state index contributed by atoms with van der Waals surface area (Å²) in [6, 6.07) is 7.58. The van der Waals surface area contributed by atoms with Crippen molar-refractivity contribution in [2.45, 2.75) is 11.7 Å². The zero-order valence-electron chi connectivity index (χ0n) is 11.7. The maximum absolute atomic E-state index is 12.7. The molecule has 3 N–H and O–H groups in total. The minimum absolute atomic E-state index is 0.0669. The minimum Gasteiger partial charge on any atom is -0.369 e. The number of hydrogen-bond donors (Lipinski definition) is 2. The molecule has 0 aliphatic rings. The first-order valence-corrected chi connectivity index (χ1v) is 7.63. The van der Waals surface area contributed by atoms with Crippen LogP contribution in [0.4, 0.5) is 0 Å². The first kappa shape index (κ1) is 14.4. The SMILES string of the molecule is C=CCn1c(SCC(N)=O)nc2c([nH]c3ccccc32)c1=O. The van der Waals surface area contributed by atoms with Crippen molar-refractivity contribution in [3.8, 4) is 0 Å². The zero-order valence-corrected chi connectivity index (χ0v) is 12.5. The maximum Gasteiger partial charge on any atom is 0.278 e. The van der Waals surface area contributed by atoms with Crippen molar-refractivity contribution >= 4 is 39.6 Å². The van der Waals surface area contributed by atoms with Crippen LogP contribution in [0.5, 0.6) is 0 Å². The van der Waals surface area contributed by atoms with E-state index in [-0.39, 0.29) is 11.3 Å². The summed E-state index contributed by atoms with van der Waals surface area (Å²) in [5, 5.41) is 1.34. The van der Waals surface area contributed by atoms with E-state index < -0.39 is 5.91 Å². The summed E-state index contributed by atoms with van der Waals surface area (Å²) in [5.74, 6) is -0.388. The molecule has 112 valence electrons. The van der Waals surface area contributed by atoms with Crippen LogP contribution in [0.25, 0.3) is 21.9 Å². The molecule has 0 saturated heterocycles. The lowest BCUT2D eigenvalue weighted by molar-refractivity contribution is -0.115. The van der Waals surface area contributed by atoms with Gasteiger partial charge in [0.15, 0.2) is 5.16 Å². The van der Waals surface area contributed by atoms with Gasteiger partial charge in [-0.25, -0.2) is 4.98 Å². The summed E-state index contributed by atoms with van der Waals surface area (Å²) in [5.41, 5.74) is 6.90. The van der Waals surface area contributed by atoms with Gasteiger partial charge in [-0.2, -0.15) is 0 Å². The lowest BCUT2D eigenvalue weighted by atomic mass is 10.2. The van der Waals surface area contributed by atoms with Crippen LogP contribution in [-0.4, -0.2) is 26.2 Å². The van der Waals surface area contributed by atoms with Crippen molar-refractivity contribution in [1.29, 1.82) is 0 Å². The largest absolute Gasteiger partial charge is 0.369 e. The lowest BCUT2D eigenvalue weighted by Gasteiger charge is -2.09. The van der Waals surface area contributed by atoms with Crippen molar-refractivity contribution in [3.05, 3.63) is 47.3 Å². The molecular weight excluding hydrogens is 300 g/mol. The van der Waals surface area contributed by atoms with Crippen molar-refractivity contribution in [1.82, 2.24) is 14.5 Å². The number of allylic oxidation sites excluding steroid dienone is 1. The van der Waals surface area contributed by atoms with Crippen LogP contribution < -0.4 is 11.3 Å². The summed E-state index contributed by atoms with van der Waals surface area (Å²) in [6.45, 7) is 3.98. The third-order valence-electron chi connectivity index (χ3n) is 3.23. The van der Waals surface area contributed by atoms with Gasteiger partial charge in [0.25, 0.3) is 5.56 Å². The molecule has 22 heavy (non-hydrogen) atoms. The Balaban J connectivity index is 2.29. The quantitative estimate of drug-likeness (QED) is 0.425. The highest BCUT2D eigenvalue weighted by atomic mass is 32.2. The Morgan fingerprint density at radius 1 is 1.45 bits per heavy atom. The molecule has 0 bridgehead atoms. The Morgan fingerprint density at radius 2 is 2.23 bits per heavy atom. The Bertz CT molecular complexity index is 942. The predicted molar refractivity (Wildman–Crippen MR) is 88.0 cm³/mol. The molecule has 0 aliphatic heterocycles. The number of amides is 1. The molecule has 0 aliphatic carbocycles. The van der Waals surface area contributed by atoms with E-state index >= 15 is 0 Å². The van der Waals surface area contributed by atoms with Crippen molar-refractivity contribution in [2.75, 3.05) is 5.75 Å². The molecule has 0 unspecified atom stereocenters. The van der Waals surface area contributed by atoms with Crippen molar-refractivity contribution in [2.24, 2.45) is 5.73 Å². The van der Waals surface area contributed by atoms with Crippen LogP contribution in [0.3, 0.4) is 0 Å². The highest BCUT2D eigenvalue weighted by Gasteiger charge is 2.15. The number of carbonyl (C=O) groups excluding carboxylic acids is 1. The van der Waals surface area contributed by atoms with E-state index in [1.165, 1.54) is 4.57 Å². The van der Waals surface area contributed by atoms with Crippen molar-refractivity contribution in [3.63, 3.8) is 0 Å². The van der Waals surface area contributed by atoms with Gasteiger partial charge in [0.1, 0.15) is 11.0 Å². The van der Waals surface area contributed by atoms with E-state index in [9.17, 15) is 9.59 Å². The van der Waals surface area contributed by atoms with Gasteiger partial charge in [-0.05, 0) is 6.07 Å². The number of para-hydroxylation sites is 1. The molecular formula is C15H14N4O2S. The average molecular weight is 314 g/mol. The molecule has 1 aromatic carbocycles. The smallest absolute Gasteiger partial charge is 0.278 e. The molecule has 0 saturated carbocycles. The highest BCUT2D eigenvalue weighted by molar-refractivity contribution is 7.99. The molecule has 3 rings (SSSR count). The number of nitrogens with two attached hydrogens (primary N) is 1. The number of H-pyrrole nitrogens is 1. The van der Waals surface area contributed by atoms with Crippen LogP contribution in [0.2, 0.25) is 0 Å². The van der Waals surface area contributed by atoms with E-state index in [1.54, 1.807) is 6.08 Å². The van der Waals surface area contributed by atoms with Gasteiger partial charge >= 0.3 is 0 Å². The van der Waals surface area contributed by atoms with E-state index in [2.05, 4.69) is 16.5 Å². The average Bonchev–Trinajstić information content (AvgIpc) is 2.87. The number of rotatable bonds is 5. The number of nitrogens with one attached hydrogen (secondary N) is 1. The standard InChI is InChI=1S/C15H14N4O2S/c1-2-7-19-14(21)13-12(18-15(19)22-8-11(16)20)9-5-3-4-6-10(9)17-13/h2-6,17H,1,7-8H2,(H2,16,20). The Kier molecular flexibility index (Phi) is 3.72. The Labute approximate surface area is 130 Å². The molecule has 1 amide bonds. The summed E-state index contributed by atoms with van der Waals surface area (Å²) in [7, 11) is 0. The van der Waals surface area contributed by atoms with Crippen LogP contribution in [-0.2, 0) is 11.3 Å². The maximum atomic E-state index is 12.7. The number of primary amides is 1. The number of aromatic nitrogens is 3. The highest BCUT2D eigenvalue weighted by Crippen LogP contribution is 2.24. The summed E-state index contributed by atoms with van der Waals surface area (Å²) in [6.07, 6.45) is 1.62. The monoisotopic (exact) mass is 314 g/mol. The van der Waals surface area contributed by atoms with Crippen LogP contribution in [0.15, 0.2) is 46.9 Å². The third-order valence-corrected chi connectivity index (χ3v) is 4.23. The van der Waals surface area contributed by atoms with E-state index in [0.29, 0.717) is 22.7 Å². The molecule has 3 aromatic rings. The molecule has 0 atom stereocenters. The number of carbonyl (C=O) groups is 1. The second-order valence-electron chi connectivity index (χ2n) is 4.75. The number of hydrogen-bond acceptors (Lipinski definition) is 4. The van der Waals surface area contributed by atoms with Gasteiger partial charge in [-0.3, -0.25) is 14.2 Å². The van der Waals surface area contributed by atoms with Gasteiger partial charge in [-0.15, -0.1) is 6.58 Å². The summed E-state index contributed by atoms with van der Waals surface area (Å²) >= 11 is 1.15. The molecule has 2 heterocycles. The lowest BCUT2D eigenvalue weighted by Crippen LogP contribution is -2.23. The first-order chi connectivity index (χ1) is 10.6. The molecule has 0 radical (unpaired) electrons. The summed E-state index contributed by atoms with van der Waals surface area (Å²) in [4.78, 5) is 31.3. The van der Waals surface area contributed by atoms with Crippen molar-refractivity contribution < 1.29 is 4.79 Å². The molecule has 2 aromatic heterocycles. The fraction of sp³-hybridized carbons (Fsp3) is 0.133. The topological polar surface area (TPSA) is 93.8 Å². The summed E-state index contributed by atoms with van der Waals surface area (Å²) < 4.78 is 1.48. The fourth-order valence-electron chi connectivity index (χ4n) is 2.31. The number of nitrogens with zero attached hydrogens (tertiary/aromatic N) is 2. The van der Waals surface area contributed by atoms with Crippen LogP contribution in [0, 0.1) is 0 Å². The molecule has 6 nitrogen and oxygen atoms in total. The zero-order chi connectivity index (χ0) is 15.7. The van der Waals surface area contributed by atoms with Gasteiger partial charge in [0.05, 0.1) is 5.75 Å². The van der Waals surface area contributed by atoms with Crippen LogP contribution in [0.1, 0.15) is 0 Å². The number of fused-ring (bicyclic) bond motifs is 3. The fourth-order valence-corrected chi connectivity index (χ4v) is 3.05. The van der Waals surface area contributed by atoms with Gasteiger partial charge in [0, 0.05) is 17.4 Å². The van der Waals surface area contributed by atoms with E-state index in [0.717, 1.165) is 22.7 Å². The minimum atomic E-state index is -0.455. The molecule has 7 heteroatoms. The van der Waals surface area contributed by atoms with Gasteiger partial charge < -0.3 is 10.7 Å². The van der Waals surface area contributed by atoms with Gasteiger partial charge in [-0.1, -0.05) is 36.0 Å². The first-order valence-electron chi connectivity index (χ1n) is 6.65. The molecule has 0 spiro atoms.